The molecule has 1 aromatic heterocycles. The van der Waals surface area contributed by atoms with Crippen molar-refractivity contribution in [2.45, 2.75) is 19.3 Å². The molecule has 3 nitrogen and oxygen atoms in total. The van der Waals surface area contributed by atoms with Crippen LogP contribution in [0.5, 0.6) is 0 Å². The van der Waals surface area contributed by atoms with Gasteiger partial charge in [0.25, 0.3) is 0 Å². The summed E-state index contributed by atoms with van der Waals surface area (Å²) in [5.74, 6) is 0.976. The molecule has 0 N–H and O–H groups in total. The molecule has 0 unspecified atom stereocenters. The molecule has 3 heteroatoms. The molecular formula is C23H26N2O. The minimum absolute atomic E-state index is 0.239. The number of hydrogen-bond acceptors (Lipinski definition) is 2. The van der Waals surface area contributed by atoms with Gasteiger partial charge in [0.1, 0.15) is 0 Å². The average Bonchev–Trinajstić information content (AvgIpc) is 3.01. The molecule has 1 saturated heterocycles. The quantitative estimate of drug-likeness (QED) is 0.643. The third-order valence-corrected chi connectivity index (χ3v) is 5.64. The molecule has 2 heterocycles. The fourth-order valence-corrected chi connectivity index (χ4v) is 4.15. The topological polar surface area (TPSA) is 25.2 Å². The standard InChI is InChI=1S/C23H26N2O/c1-24-16-21(20-9-5-6-10-22(20)24)23(26)17-25-13-11-19(12-14-25)15-18-7-3-2-4-8-18/h2-10,16,19H,11-15,17H2,1H3. The van der Waals surface area contributed by atoms with Crippen molar-refractivity contribution >= 4 is 16.7 Å². The SMILES string of the molecule is Cn1cc(C(=O)CN2CCC(Cc3ccccc3)CC2)c2ccccc21. The van der Waals surface area contributed by atoms with Crippen LogP contribution in [0.1, 0.15) is 28.8 Å². The first-order chi connectivity index (χ1) is 12.7. The van der Waals surface area contributed by atoms with Gasteiger partial charge in [-0.25, -0.2) is 0 Å². The Labute approximate surface area is 155 Å². The van der Waals surface area contributed by atoms with Gasteiger partial charge in [0.05, 0.1) is 6.54 Å². The van der Waals surface area contributed by atoms with Gasteiger partial charge in [-0.15, -0.1) is 0 Å². The summed E-state index contributed by atoms with van der Waals surface area (Å²) in [5.41, 5.74) is 3.41. The predicted molar refractivity (Wildman–Crippen MR) is 107 cm³/mol. The lowest BCUT2D eigenvalue weighted by atomic mass is 9.90. The molecule has 2 aromatic carbocycles. The predicted octanol–water partition coefficient (Wildman–Crippen LogP) is 4.32. The summed E-state index contributed by atoms with van der Waals surface area (Å²) in [6.07, 6.45) is 5.50. The third-order valence-electron chi connectivity index (χ3n) is 5.64. The van der Waals surface area contributed by atoms with E-state index in [2.05, 4.69) is 51.9 Å². The summed E-state index contributed by atoms with van der Waals surface area (Å²) in [4.78, 5) is 15.2. The fourth-order valence-electron chi connectivity index (χ4n) is 4.15. The summed E-state index contributed by atoms with van der Waals surface area (Å²) in [6, 6.07) is 18.9. The lowest BCUT2D eigenvalue weighted by molar-refractivity contribution is 0.0897. The Kier molecular flexibility index (Phi) is 4.89. The number of hydrogen-bond donors (Lipinski definition) is 0. The number of rotatable bonds is 5. The number of carbonyl (C=O) groups is 1. The van der Waals surface area contributed by atoms with E-state index in [0.29, 0.717) is 6.54 Å². The Morgan fingerprint density at radius 1 is 1.00 bits per heavy atom. The number of carbonyl (C=O) groups excluding carboxylic acids is 1. The van der Waals surface area contributed by atoms with E-state index in [0.717, 1.165) is 41.9 Å². The van der Waals surface area contributed by atoms with Gasteiger partial charge in [-0.05, 0) is 49.9 Å². The summed E-state index contributed by atoms with van der Waals surface area (Å²) in [7, 11) is 2.01. The molecule has 134 valence electrons. The second-order valence-electron chi connectivity index (χ2n) is 7.50. The first kappa shape index (κ1) is 17.0. The van der Waals surface area contributed by atoms with Crippen molar-refractivity contribution in [2.75, 3.05) is 19.6 Å². The molecule has 0 saturated carbocycles. The number of ketones is 1. The lowest BCUT2D eigenvalue weighted by Crippen LogP contribution is -2.37. The highest BCUT2D eigenvalue weighted by Crippen LogP contribution is 2.24. The van der Waals surface area contributed by atoms with E-state index in [1.54, 1.807) is 0 Å². The molecule has 0 atom stereocenters. The number of aromatic nitrogens is 1. The van der Waals surface area contributed by atoms with Crippen LogP contribution in [0.4, 0.5) is 0 Å². The summed E-state index contributed by atoms with van der Waals surface area (Å²) in [5, 5.41) is 1.07. The van der Waals surface area contributed by atoms with E-state index < -0.39 is 0 Å². The third kappa shape index (κ3) is 3.58. The second kappa shape index (κ2) is 7.46. The zero-order chi connectivity index (χ0) is 17.9. The first-order valence-electron chi connectivity index (χ1n) is 9.54. The molecule has 4 rings (SSSR count). The van der Waals surface area contributed by atoms with Crippen molar-refractivity contribution in [3.05, 3.63) is 71.9 Å². The largest absolute Gasteiger partial charge is 0.350 e. The van der Waals surface area contributed by atoms with Gasteiger partial charge < -0.3 is 4.57 Å². The maximum atomic E-state index is 12.9. The van der Waals surface area contributed by atoms with E-state index >= 15 is 0 Å². The van der Waals surface area contributed by atoms with Crippen molar-refractivity contribution in [1.82, 2.24) is 9.47 Å². The fraction of sp³-hybridized carbons (Fsp3) is 0.348. The van der Waals surface area contributed by atoms with Gasteiger partial charge in [-0.3, -0.25) is 9.69 Å². The van der Waals surface area contributed by atoms with Gasteiger partial charge in [-0.1, -0.05) is 48.5 Å². The lowest BCUT2D eigenvalue weighted by Gasteiger charge is -2.31. The van der Waals surface area contributed by atoms with Gasteiger partial charge in [-0.2, -0.15) is 0 Å². The Balaban J connectivity index is 1.36. The first-order valence-corrected chi connectivity index (χ1v) is 9.54. The Hall–Kier alpha value is -2.39. The maximum Gasteiger partial charge on any atom is 0.178 e. The average molecular weight is 346 g/mol. The van der Waals surface area contributed by atoms with Crippen molar-refractivity contribution in [3.8, 4) is 0 Å². The molecule has 1 aliphatic rings. The molecule has 0 spiro atoms. The van der Waals surface area contributed by atoms with E-state index in [1.165, 1.54) is 18.4 Å². The highest BCUT2D eigenvalue weighted by molar-refractivity contribution is 6.09. The minimum Gasteiger partial charge on any atom is -0.350 e. The van der Waals surface area contributed by atoms with Crippen LogP contribution in [-0.4, -0.2) is 34.9 Å². The molecule has 1 aliphatic heterocycles. The highest BCUT2D eigenvalue weighted by Gasteiger charge is 2.22. The molecule has 0 aliphatic carbocycles. The van der Waals surface area contributed by atoms with Gasteiger partial charge in [0.2, 0.25) is 0 Å². The summed E-state index contributed by atoms with van der Waals surface area (Å²) < 4.78 is 2.05. The monoisotopic (exact) mass is 346 g/mol. The van der Waals surface area contributed by atoms with Crippen LogP contribution in [0.3, 0.4) is 0 Å². The summed E-state index contributed by atoms with van der Waals surface area (Å²) >= 11 is 0. The molecule has 26 heavy (non-hydrogen) atoms. The van der Waals surface area contributed by atoms with Crippen LogP contribution in [0.15, 0.2) is 60.8 Å². The number of benzene rings is 2. The molecule has 0 radical (unpaired) electrons. The Morgan fingerprint density at radius 2 is 1.69 bits per heavy atom. The number of fused-ring (bicyclic) bond motifs is 1. The second-order valence-corrected chi connectivity index (χ2v) is 7.50. The van der Waals surface area contributed by atoms with Crippen molar-refractivity contribution < 1.29 is 4.79 Å². The normalized spacial score (nSPS) is 16.2. The molecule has 0 bridgehead atoms. The maximum absolute atomic E-state index is 12.9. The molecule has 0 amide bonds. The Morgan fingerprint density at radius 3 is 2.46 bits per heavy atom. The molecule has 3 aromatic rings. The van der Waals surface area contributed by atoms with Crippen LogP contribution in [0.2, 0.25) is 0 Å². The molecule has 1 fully saturated rings. The van der Waals surface area contributed by atoms with Gasteiger partial charge in [0, 0.05) is 29.7 Å². The number of likely N-dealkylation sites (tertiary alicyclic amines) is 1. The Bertz CT molecular complexity index is 889. The zero-order valence-electron chi connectivity index (χ0n) is 15.4. The minimum atomic E-state index is 0.239. The highest BCUT2D eigenvalue weighted by atomic mass is 16.1. The van der Waals surface area contributed by atoms with Crippen molar-refractivity contribution in [1.29, 1.82) is 0 Å². The molecular weight excluding hydrogens is 320 g/mol. The van der Waals surface area contributed by atoms with Gasteiger partial charge in [0.15, 0.2) is 5.78 Å². The van der Waals surface area contributed by atoms with Crippen LogP contribution in [-0.2, 0) is 13.5 Å². The number of piperidine rings is 1. The van der Waals surface area contributed by atoms with Crippen LogP contribution in [0, 0.1) is 5.92 Å². The van der Waals surface area contributed by atoms with Gasteiger partial charge >= 0.3 is 0 Å². The number of aryl methyl sites for hydroxylation is 1. The van der Waals surface area contributed by atoms with Crippen LogP contribution in [0.25, 0.3) is 10.9 Å². The van der Waals surface area contributed by atoms with Crippen molar-refractivity contribution in [3.63, 3.8) is 0 Å². The number of para-hydroxylation sites is 1. The van der Waals surface area contributed by atoms with Crippen LogP contribution < -0.4 is 0 Å². The van der Waals surface area contributed by atoms with E-state index in [9.17, 15) is 4.79 Å². The van der Waals surface area contributed by atoms with E-state index in [1.807, 2.05) is 25.4 Å². The van der Waals surface area contributed by atoms with Crippen LogP contribution >= 0.6 is 0 Å². The number of nitrogens with zero attached hydrogens (tertiary/aromatic N) is 2. The van der Waals surface area contributed by atoms with E-state index in [4.69, 9.17) is 0 Å². The summed E-state index contributed by atoms with van der Waals surface area (Å²) in [6.45, 7) is 2.58. The van der Waals surface area contributed by atoms with Crippen molar-refractivity contribution in [2.24, 2.45) is 13.0 Å². The zero-order valence-corrected chi connectivity index (χ0v) is 15.4. The van der Waals surface area contributed by atoms with E-state index in [-0.39, 0.29) is 5.78 Å². The number of Topliss-reactive ketones (excluding diaryl/α,β-unsaturated/α-hetero) is 1. The smallest absolute Gasteiger partial charge is 0.178 e.